The van der Waals surface area contributed by atoms with E-state index in [1.54, 1.807) is 121 Å². The first-order valence-electron chi connectivity index (χ1n) is 39.9. The van der Waals surface area contributed by atoms with Crippen LogP contribution in [-0.4, -0.2) is 263 Å². The molecule has 5 saturated heterocycles. The molecule has 5 fully saturated rings. The van der Waals surface area contributed by atoms with Gasteiger partial charge in [-0.05, 0) is 144 Å². The Morgan fingerprint density at radius 1 is 0.655 bits per heavy atom. The van der Waals surface area contributed by atoms with Gasteiger partial charge >= 0.3 is 35.9 Å². The van der Waals surface area contributed by atoms with Crippen LogP contribution in [0, 0.1) is 11.8 Å². The molecule has 6 amide bonds. The number of nitrogens with one attached hydrogen (secondary N) is 2. The lowest BCUT2D eigenvalue weighted by Crippen LogP contribution is -2.53. The first kappa shape index (κ1) is 97.6. The number of methoxy groups -OCH3 is 4. The number of imide groups is 1. The highest BCUT2D eigenvalue weighted by molar-refractivity contribution is 6.36. The van der Waals surface area contributed by atoms with E-state index in [0.717, 1.165) is 22.3 Å². The zero-order valence-electron chi connectivity index (χ0n) is 72.3. The number of rotatable bonds is 19. The molecule has 0 unspecified atom stereocenters. The first-order valence-corrected chi connectivity index (χ1v) is 40.7. The number of aliphatic hydroxyl groups is 2. The number of nitrogens with zero attached hydrogens (tertiary/aromatic N) is 5. The van der Waals surface area contributed by atoms with Gasteiger partial charge in [0, 0.05) is 99.3 Å². The van der Waals surface area contributed by atoms with Gasteiger partial charge in [-0.2, -0.15) is 0 Å². The lowest BCUT2D eigenvalue weighted by atomic mass is 9.78. The van der Waals surface area contributed by atoms with Crippen molar-refractivity contribution in [3.05, 3.63) is 93.0 Å². The van der Waals surface area contributed by atoms with E-state index >= 15 is 0 Å². The number of epoxide rings is 2. The van der Waals surface area contributed by atoms with Gasteiger partial charge in [0.2, 0.25) is 17.7 Å². The lowest BCUT2D eigenvalue weighted by Gasteiger charge is -2.41. The van der Waals surface area contributed by atoms with Crippen LogP contribution in [0.4, 0.5) is 16.2 Å². The predicted octanol–water partition coefficient (Wildman–Crippen LogP) is 8.53. The van der Waals surface area contributed by atoms with Crippen LogP contribution in [0.15, 0.2) is 71.9 Å². The third-order valence-corrected chi connectivity index (χ3v) is 23.4. The van der Waals surface area contributed by atoms with Crippen LogP contribution < -0.4 is 29.9 Å². The third-order valence-electron chi connectivity index (χ3n) is 22.6. The van der Waals surface area contributed by atoms with Gasteiger partial charge < -0.3 is 97.4 Å². The molecule has 7 heterocycles. The second-order valence-corrected chi connectivity index (χ2v) is 33.8. The highest BCUT2D eigenvalue weighted by Crippen LogP contribution is 2.52. The number of fused-ring (bicyclic) bond motifs is 10. The fourth-order valence-electron chi connectivity index (χ4n) is 15.0. The predicted molar refractivity (Wildman–Crippen MR) is 439 cm³/mol. The average Bonchev–Trinajstić information content (AvgIpc) is 1.58. The molecule has 7 aliphatic heterocycles. The minimum Gasteiger partial charge on any atom is -0.495 e. The summed E-state index contributed by atoms with van der Waals surface area (Å²) in [5.41, 5.74) is -1.50. The van der Waals surface area contributed by atoms with Crippen molar-refractivity contribution in [1.82, 2.24) is 25.5 Å². The van der Waals surface area contributed by atoms with E-state index in [1.165, 1.54) is 48.0 Å². The Kier molecular flexibility index (Phi) is 34.3. The van der Waals surface area contributed by atoms with E-state index in [-0.39, 0.29) is 86.1 Å². The summed E-state index contributed by atoms with van der Waals surface area (Å²) in [6, 6.07) is 5.67. The van der Waals surface area contributed by atoms with Crippen LogP contribution in [-0.2, 0) is 108 Å². The fraction of sp³-hybridized carbons (Fsp3) is 0.635. The molecule has 8 bridgehead atoms. The van der Waals surface area contributed by atoms with Crippen molar-refractivity contribution >= 4 is 100 Å². The fourth-order valence-corrected chi connectivity index (χ4v) is 15.6. The number of benzene rings is 2. The minimum atomic E-state index is -1.57. The Bertz CT molecular complexity index is 4150. The van der Waals surface area contributed by atoms with Crippen molar-refractivity contribution in [2.24, 2.45) is 11.8 Å². The first-order chi connectivity index (χ1) is 55.7. The van der Waals surface area contributed by atoms with Gasteiger partial charge in [-0.15, -0.1) is 5.06 Å². The van der Waals surface area contributed by atoms with Crippen LogP contribution >= 0.6 is 23.2 Å². The summed E-state index contributed by atoms with van der Waals surface area (Å²) in [5, 5.41) is 30.4. The number of hydrogen-bond acceptors (Lipinski definition) is 27. The molecule has 0 spiro atoms. The monoisotopic (exact) mass is 1710 g/mol. The standard InChI is InChI=1S/C38H54ClN3O10.C33H45ClN2O9.C14H22N2O6/c1-22-12-10-13-29(49-9)38(47)20-28(50-33(45)21-38)23(2)35-37(4,52-35)30(51-36(46)24(3)41(6)31(43)14-11-15-40-5)19-32(44)42(7)26-17-25(16-22)18-27(48-8)34(26)39;1-18-10-9-11-25(42-8)33(40)16-24(43-28(38)17-33)19(2)30-32(4,45-30)26(44-31(39)20(3)35-5)15-27(37)36(6)22-13-21(12-18)14-23(41-7)29(22)34;1-14(2,3)21-13(20)15(4)9-5-6-12(19)22-16-10(17)7-8-11(16)18/h10,12-13,17-18,23-24,28-30,35,40,47H,11,14-16,19-21H2,1-9H3;9-11,13-14,19-20,24-26,30,35,40H,12,15-17H2,1-8H3;5-9H2,1-4H3/b13-10+,22-12+;11-9+,18-10+;/t23-,24+,28+,29-,30+,35+,37+,38-;19-,20+,24+,25-,26+,30+,32+,33-;/m11./s1. The Hall–Kier alpha value is -8.57. The summed E-state index contributed by atoms with van der Waals surface area (Å²) >= 11 is 13.5. The van der Waals surface area contributed by atoms with E-state index in [4.69, 9.17) is 80.1 Å². The maximum absolute atomic E-state index is 14.1. The molecular weight excluding hydrogens is 1590 g/mol. The van der Waals surface area contributed by atoms with E-state index in [2.05, 4.69) is 10.6 Å². The molecule has 34 heteroatoms. The second-order valence-electron chi connectivity index (χ2n) is 33.0. The third kappa shape index (κ3) is 25.1. The Labute approximate surface area is 707 Å². The van der Waals surface area contributed by atoms with Crippen molar-refractivity contribution in [1.29, 1.82) is 0 Å². The summed E-state index contributed by atoms with van der Waals surface area (Å²) in [5.74, 6) is -5.18. The summed E-state index contributed by atoms with van der Waals surface area (Å²) in [4.78, 5) is 149. The van der Waals surface area contributed by atoms with Crippen LogP contribution in [0.5, 0.6) is 11.5 Å². The highest BCUT2D eigenvalue weighted by atomic mass is 35.5. The number of allylic oxidation sites excluding steroid dienone is 6. The lowest BCUT2D eigenvalue weighted by molar-refractivity contribution is -0.197. The molecule has 16 atom stereocenters. The van der Waals surface area contributed by atoms with Gasteiger partial charge in [-0.1, -0.05) is 84.7 Å². The van der Waals surface area contributed by atoms with Crippen LogP contribution in [0.25, 0.3) is 0 Å². The molecule has 2 aromatic rings. The molecule has 9 rings (SSSR count). The van der Waals surface area contributed by atoms with E-state index < -0.39 is 154 Å². The highest BCUT2D eigenvalue weighted by Gasteiger charge is 2.66. The number of amides is 6. The molecule has 119 heavy (non-hydrogen) atoms. The largest absolute Gasteiger partial charge is 0.495 e. The van der Waals surface area contributed by atoms with Gasteiger partial charge in [-0.25, -0.2) is 14.4 Å². The van der Waals surface area contributed by atoms with E-state index in [9.17, 15) is 63.0 Å². The number of carbonyl (C=O) groups excluding carboxylic acids is 11. The number of hydrogen-bond donors (Lipinski definition) is 4. The summed E-state index contributed by atoms with van der Waals surface area (Å²) < 4.78 is 63.6. The summed E-state index contributed by atoms with van der Waals surface area (Å²) in [7, 11) is 15.7. The number of hydroxylamine groups is 2. The van der Waals surface area contributed by atoms with Crippen molar-refractivity contribution in [3.63, 3.8) is 0 Å². The summed E-state index contributed by atoms with van der Waals surface area (Å²) in [6.45, 7) is 20.6. The molecule has 32 nitrogen and oxygen atoms in total. The number of esters is 4. The van der Waals surface area contributed by atoms with Crippen LogP contribution in [0.2, 0.25) is 10.0 Å². The molecular formula is C85H121Cl2N7O25. The zero-order valence-corrected chi connectivity index (χ0v) is 73.8. The van der Waals surface area contributed by atoms with E-state index in [1.807, 2.05) is 58.0 Å². The molecule has 0 radical (unpaired) electrons. The average molecular weight is 1710 g/mol. The summed E-state index contributed by atoms with van der Waals surface area (Å²) in [6.07, 6.45) is 5.43. The van der Waals surface area contributed by atoms with E-state index in [0.29, 0.717) is 66.7 Å². The Morgan fingerprint density at radius 3 is 1.50 bits per heavy atom. The minimum absolute atomic E-state index is 0.00972. The number of ether oxygens (including phenoxy) is 11. The SMILES string of the molecule is CN(CCCC(=O)ON1C(=O)CCC1=O)C(=O)OC(C)(C)C.CNCCCC(=O)N(C)[C@@H](C)C(=O)O[C@H]1CC(=O)N(C)c2cc(cc(OC)c2Cl)C/C(C)=C/C=C/[C@@H](OC)[C@]2(O)CC(=O)O[C@@H](C2)[C@@H](C)[C@@H]2O[C@@]12C.CN[C@@H](C)C(=O)O[C@H]1CC(=O)N(C)c2cc(cc(OC)c2Cl)C/C(C)=C/C=C/[C@@H](OC)[C@]2(O)CC(=O)O[C@@H](C2)[C@@H](C)[C@@H]2O[C@@]12C. The molecule has 0 saturated carbocycles. The van der Waals surface area contributed by atoms with Crippen LogP contribution in [0.3, 0.4) is 0 Å². The van der Waals surface area contributed by atoms with Gasteiger partial charge in [-0.3, -0.25) is 38.4 Å². The van der Waals surface area contributed by atoms with Crippen molar-refractivity contribution < 1.29 is 120 Å². The molecule has 0 aromatic heterocycles. The topological polar surface area (TPSA) is 386 Å². The number of anilines is 2. The Morgan fingerprint density at radius 2 is 1.09 bits per heavy atom. The maximum atomic E-state index is 14.1. The van der Waals surface area contributed by atoms with Gasteiger partial charge in [0.25, 0.3) is 11.8 Å². The smallest absolute Gasteiger partial charge is 0.410 e. The quantitative estimate of drug-likeness (QED) is 0.0336. The maximum Gasteiger partial charge on any atom is 0.410 e. The molecule has 2 aromatic carbocycles. The molecule has 660 valence electrons. The molecule has 7 aliphatic rings. The van der Waals surface area contributed by atoms with Crippen LogP contribution in [0.1, 0.15) is 164 Å². The number of likely N-dealkylation sites (N-methyl/N-ethyl adjacent to an activating group) is 2. The van der Waals surface area contributed by atoms with Crippen molar-refractivity contribution in [2.75, 3.05) is 93.6 Å². The van der Waals surface area contributed by atoms with Gasteiger partial charge in [0.1, 0.15) is 98.3 Å². The van der Waals surface area contributed by atoms with Gasteiger partial charge in [0.15, 0.2) is 0 Å². The normalized spacial score (nSPS) is 29.8. The Balaban J connectivity index is 0.000000265. The van der Waals surface area contributed by atoms with Crippen molar-refractivity contribution in [3.8, 4) is 11.5 Å². The number of halogens is 2. The number of carbonyl (C=O) groups is 11. The molecule has 4 N–H and O–H groups in total. The van der Waals surface area contributed by atoms with Crippen molar-refractivity contribution in [2.45, 2.75) is 255 Å². The molecule has 0 aliphatic carbocycles. The zero-order chi connectivity index (χ0) is 88.7. The second kappa shape index (κ2) is 41.8. The van der Waals surface area contributed by atoms with Gasteiger partial charge in [0.05, 0.1) is 63.5 Å².